The van der Waals surface area contributed by atoms with E-state index in [1.54, 1.807) is 13.8 Å². The molecule has 2 aliphatic heterocycles. The van der Waals surface area contributed by atoms with Crippen LogP contribution < -0.4 is 0 Å². The Hall–Kier alpha value is -2.23. The monoisotopic (exact) mass is 460 g/mol. The van der Waals surface area contributed by atoms with Crippen molar-refractivity contribution in [2.24, 2.45) is 0 Å². The maximum Gasteiger partial charge on any atom is 0.248 e. The maximum absolute atomic E-state index is 13.6. The van der Waals surface area contributed by atoms with Gasteiger partial charge in [-0.2, -0.15) is 4.31 Å². The van der Waals surface area contributed by atoms with Crippen molar-refractivity contribution in [3.05, 3.63) is 47.3 Å². The highest BCUT2D eigenvalue weighted by atomic mass is 32.2. The van der Waals surface area contributed by atoms with Crippen LogP contribution in [0.25, 0.3) is 0 Å². The summed E-state index contributed by atoms with van der Waals surface area (Å²) in [4.78, 5) is 17.9. The van der Waals surface area contributed by atoms with E-state index in [-0.39, 0.29) is 10.8 Å². The van der Waals surface area contributed by atoms with Crippen LogP contribution in [0.3, 0.4) is 0 Å². The molecule has 0 N–H and O–H groups in total. The van der Waals surface area contributed by atoms with E-state index >= 15 is 0 Å². The summed E-state index contributed by atoms with van der Waals surface area (Å²) < 4.78 is 33.2. The molecular formula is C23H32N4O4S. The fourth-order valence-corrected chi connectivity index (χ4v) is 6.58. The van der Waals surface area contributed by atoms with Gasteiger partial charge < -0.3 is 9.42 Å². The topological polar surface area (TPSA) is 87.0 Å². The predicted molar refractivity (Wildman–Crippen MR) is 121 cm³/mol. The molecular weight excluding hydrogens is 428 g/mol. The van der Waals surface area contributed by atoms with E-state index in [1.165, 1.54) is 4.31 Å². The molecule has 8 nitrogen and oxygen atoms in total. The second-order valence-corrected chi connectivity index (χ2v) is 10.5. The molecule has 1 unspecified atom stereocenters. The van der Waals surface area contributed by atoms with Gasteiger partial charge in [0.25, 0.3) is 0 Å². The minimum atomic E-state index is -3.70. The molecule has 3 heterocycles. The summed E-state index contributed by atoms with van der Waals surface area (Å²) in [5.74, 6) is 0.434. The molecule has 2 saturated heterocycles. The minimum absolute atomic E-state index is 0.123. The molecule has 1 aromatic carbocycles. The Morgan fingerprint density at radius 3 is 2.31 bits per heavy atom. The van der Waals surface area contributed by atoms with Gasteiger partial charge in [-0.3, -0.25) is 9.69 Å². The summed E-state index contributed by atoms with van der Waals surface area (Å²) >= 11 is 0. The van der Waals surface area contributed by atoms with Gasteiger partial charge in [-0.1, -0.05) is 35.5 Å². The van der Waals surface area contributed by atoms with E-state index in [4.69, 9.17) is 4.52 Å². The number of benzene rings is 1. The molecule has 4 rings (SSSR count). The SMILES string of the molecule is Cc1noc(C)c1S(=O)(=O)N1CCCN(C(C(=O)N2CCCCC2)c2ccccc2)CC1. The van der Waals surface area contributed by atoms with Gasteiger partial charge in [-0.05, 0) is 45.1 Å². The van der Waals surface area contributed by atoms with E-state index in [1.807, 2.05) is 35.2 Å². The first-order valence-electron chi connectivity index (χ1n) is 11.4. The normalized spacial score (nSPS) is 20.1. The quantitative estimate of drug-likeness (QED) is 0.682. The molecule has 1 atom stereocenters. The van der Waals surface area contributed by atoms with Gasteiger partial charge in [0.05, 0.1) is 0 Å². The Balaban J connectivity index is 1.57. The van der Waals surface area contributed by atoms with Crippen LogP contribution in [0, 0.1) is 13.8 Å². The predicted octanol–water partition coefficient (Wildman–Crippen LogP) is 2.74. The second-order valence-electron chi connectivity index (χ2n) is 8.65. The highest BCUT2D eigenvalue weighted by Crippen LogP contribution is 2.29. The van der Waals surface area contributed by atoms with E-state index < -0.39 is 16.1 Å². The molecule has 2 fully saturated rings. The van der Waals surface area contributed by atoms with Crippen molar-refractivity contribution in [1.82, 2.24) is 19.3 Å². The summed E-state index contributed by atoms with van der Waals surface area (Å²) in [6.07, 6.45) is 3.89. The van der Waals surface area contributed by atoms with Crippen molar-refractivity contribution in [1.29, 1.82) is 0 Å². The first kappa shape index (κ1) is 22.9. The number of piperidine rings is 1. The number of amides is 1. The van der Waals surface area contributed by atoms with Gasteiger partial charge in [-0.25, -0.2) is 8.42 Å². The smallest absolute Gasteiger partial charge is 0.248 e. The Bertz CT molecular complexity index is 1010. The van der Waals surface area contributed by atoms with E-state index in [0.29, 0.717) is 44.1 Å². The molecule has 2 aliphatic rings. The molecule has 0 bridgehead atoms. The van der Waals surface area contributed by atoms with Crippen molar-refractivity contribution < 1.29 is 17.7 Å². The lowest BCUT2D eigenvalue weighted by Gasteiger charge is -2.36. The van der Waals surface area contributed by atoms with Crippen LogP contribution in [-0.4, -0.2) is 72.9 Å². The summed E-state index contributed by atoms with van der Waals surface area (Å²) in [6.45, 7) is 6.74. The molecule has 0 saturated carbocycles. The van der Waals surface area contributed by atoms with Crippen LogP contribution in [-0.2, 0) is 14.8 Å². The number of likely N-dealkylation sites (tertiary alicyclic amines) is 1. The Morgan fingerprint density at radius 2 is 1.66 bits per heavy atom. The highest BCUT2D eigenvalue weighted by Gasteiger charge is 2.36. The molecule has 9 heteroatoms. The number of hydrogen-bond acceptors (Lipinski definition) is 6. The van der Waals surface area contributed by atoms with Crippen LogP contribution in [0.1, 0.15) is 48.7 Å². The van der Waals surface area contributed by atoms with Gasteiger partial charge >= 0.3 is 0 Å². The summed E-state index contributed by atoms with van der Waals surface area (Å²) in [7, 11) is -3.70. The second kappa shape index (κ2) is 9.72. The molecule has 0 aliphatic carbocycles. The lowest BCUT2D eigenvalue weighted by molar-refractivity contribution is -0.138. The highest BCUT2D eigenvalue weighted by molar-refractivity contribution is 7.89. The third-order valence-corrected chi connectivity index (χ3v) is 8.58. The summed E-state index contributed by atoms with van der Waals surface area (Å²) in [5, 5.41) is 3.82. The van der Waals surface area contributed by atoms with Crippen molar-refractivity contribution in [3.63, 3.8) is 0 Å². The Labute approximate surface area is 190 Å². The van der Waals surface area contributed by atoms with E-state index in [9.17, 15) is 13.2 Å². The largest absolute Gasteiger partial charge is 0.360 e. The van der Waals surface area contributed by atoms with Crippen LogP contribution >= 0.6 is 0 Å². The van der Waals surface area contributed by atoms with Gasteiger partial charge in [-0.15, -0.1) is 0 Å². The van der Waals surface area contributed by atoms with Crippen LogP contribution in [0.4, 0.5) is 0 Å². The Morgan fingerprint density at radius 1 is 0.938 bits per heavy atom. The summed E-state index contributed by atoms with van der Waals surface area (Å²) in [5.41, 5.74) is 1.34. The molecule has 1 amide bonds. The molecule has 1 aromatic heterocycles. The minimum Gasteiger partial charge on any atom is -0.360 e. The fraction of sp³-hybridized carbons (Fsp3) is 0.565. The van der Waals surface area contributed by atoms with Gasteiger partial charge in [0.1, 0.15) is 16.6 Å². The number of hydrogen-bond donors (Lipinski definition) is 0. The zero-order valence-corrected chi connectivity index (χ0v) is 19.7. The molecule has 32 heavy (non-hydrogen) atoms. The van der Waals surface area contributed by atoms with Crippen LogP contribution in [0.5, 0.6) is 0 Å². The number of aryl methyl sites for hydroxylation is 2. The van der Waals surface area contributed by atoms with Gasteiger partial charge in [0, 0.05) is 39.3 Å². The van der Waals surface area contributed by atoms with Crippen molar-refractivity contribution in [2.75, 3.05) is 39.3 Å². The number of rotatable bonds is 5. The molecule has 0 radical (unpaired) electrons. The standard InChI is InChI=1S/C23H32N4O4S/c1-18-22(19(2)31-24-18)32(29,30)27-15-9-14-25(16-17-27)21(20-10-5-3-6-11-20)23(28)26-12-7-4-8-13-26/h3,5-6,10-11,21H,4,7-9,12-17H2,1-2H3. The van der Waals surface area contributed by atoms with Crippen LogP contribution in [0.15, 0.2) is 39.8 Å². The van der Waals surface area contributed by atoms with E-state index in [2.05, 4.69) is 10.1 Å². The zero-order valence-electron chi connectivity index (χ0n) is 18.9. The number of aromatic nitrogens is 1. The fourth-order valence-electron chi connectivity index (χ4n) is 4.82. The first-order chi connectivity index (χ1) is 15.4. The number of sulfonamides is 1. The average Bonchev–Trinajstić information content (AvgIpc) is 2.99. The van der Waals surface area contributed by atoms with Crippen molar-refractivity contribution >= 4 is 15.9 Å². The lowest BCUT2D eigenvalue weighted by atomic mass is 10.0. The average molecular weight is 461 g/mol. The van der Waals surface area contributed by atoms with Crippen molar-refractivity contribution in [2.45, 2.75) is 50.5 Å². The van der Waals surface area contributed by atoms with E-state index in [0.717, 1.165) is 37.9 Å². The van der Waals surface area contributed by atoms with Crippen LogP contribution in [0.2, 0.25) is 0 Å². The Kier molecular flexibility index (Phi) is 6.97. The summed E-state index contributed by atoms with van der Waals surface area (Å²) in [6, 6.07) is 9.46. The first-order valence-corrected chi connectivity index (χ1v) is 12.8. The molecule has 2 aromatic rings. The maximum atomic E-state index is 13.6. The van der Waals surface area contributed by atoms with Gasteiger partial charge in [0.15, 0.2) is 5.76 Å². The number of carbonyl (C=O) groups excluding carboxylic acids is 1. The third kappa shape index (κ3) is 4.60. The lowest BCUT2D eigenvalue weighted by Crippen LogP contribution is -2.46. The third-order valence-electron chi connectivity index (χ3n) is 6.44. The number of carbonyl (C=O) groups is 1. The number of nitrogens with zero attached hydrogens (tertiary/aromatic N) is 4. The molecule has 174 valence electrons. The zero-order chi connectivity index (χ0) is 22.7. The van der Waals surface area contributed by atoms with Crippen molar-refractivity contribution in [3.8, 4) is 0 Å². The van der Waals surface area contributed by atoms with Gasteiger partial charge in [0.2, 0.25) is 15.9 Å². The molecule has 0 spiro atoms.